The zero-order valence-corrected chi connectivity index (χ0v) is 13.1. The van der Waals surface area contributed by atoms with E-state index in [-0.39, 0.29) is 0 Å². The summed E-state index contributed by atoms with van der Waals surface area (Å²) in [5.74, 6) is 1.57. The first-order valence-electron chi connectivity index (χ1n) is 6.27. The lowest BCUT2D eigenvalue weighted by molar-refractivity contribution is 0.561. The monoisotopic (exact) mass is 331 g/mol. The lowest BCUT2D eigenvalue weighted by atomic mass is 10.2. The van der Waals surface area contributed by atoms with Crippen molar-refractivity contribution >= 4 is 38.5 Å². The Labute approximate surface area is 125 Å². The number of halogens is 1. The van der Waals surface area contributed by atoms with Crippen LogP contribution in [0.2, 0.25) is 0 Å². The summed E-state index contributed by atoms with van der Waals surface area (Å²) in [5.41, 5.74) is 3.83. The highest BCUT2D eigenvalue weighted by molar-refractivity contribution is 9.10. The molecule has 0 fully saturated rings. The van der Waals surface area contributed by atoms with Crippen molar-refractivity contribution in [3.05, 3.63) is 46.4 Å². The molecule has 2 heterocycles. The summed E-state index contributed by atoms with van der Waals surface area (Å²) >= 11 is 3.47. The van der Waals surface area contributed by atoms with Gasteiger partial charge in [0.1, 0.15) is 11.3 Å². The van der Waals surface area contributed by atoms with Crippen molar-refractivity contribution in [2.24, 2.45) is 0 Å². The molecule has 0 N–H and O–H groups in total. The molecule has 0 amide bonds. The van der Waals surface area contributed by atoms with Gasteiger partial charge in [-0.3, -0.25) is 0 Å². The molecule has 0 radical (unpaired) electrons. The van der Waals surface area contributed by atoms with Crippen LogP contribution in [0.4, 0.5) is 11.5 Å². The van der Waals surface area contributed by atoms with Gasteiger partial charge >= 0.3 is 0 Å². The van der Waals surface area contributed by atoms with E-state index in [1.807, 2.05) is 56.3 Å². The highest BCUT2D eigenvalue weighted by atomic mass is 79.9. The van der Waals surface area contributed by atoms with Crippen LogP contribution < -0.4 is 4.90 Å². The zero-order valence-electron chi connectivity index (χ0n) is 11.5. The van der Waals surface area contributed by atoms with Crippen LogP contribution in [-0.4, -0.2) is 17.0 Å². The maximum atomic E-state index is 5.57. The number of oxazole rings is 1. The van der Waals surface area contributed by atoms with E-state index in [9.17, 15) is 0 Å². The maximum Gasteiger partial charge on any atom is 0.192 e. The third-order valence-corrected chi connectivity index (χ3v) is 4.07. The Morgan fingerprint density at radius 2 is 2.00 bits per heavy atom. The molecule has 102 valence electrons. The number of rotatable bonds is 2. The van der Waals surface area contributed by atoms with Crippen molar-refractivity contribution in [2.75, 3.05) is 11.9 Å². The van der Waals surface area contributed by atoms with Gasteiger partial charge in [0.15, 0.2) is 11.5 Å². The molecule has 0 aliphatic carbocycles. The lowest BCUT2D eigenvalue weighted by Crippen LogP contribution is -2.11. The molecule has 1 aromatic carbocycles. The fraction of sp³-hybridized carbons (Fsp3) is 0.200. The molecule has 2 aromatic heterocycles. The molecule has 0 aliphatic heterocycles. The van der Waals surface area contributed by atoms with Crippen molar-refractivity contribution in [3.63, 3.8) is 0 Å². The molecule has 0 aliphatic rings. The summed E-state index contributed by atoms with van der Waals surface area (Å²) in [6.07, 6.45) is 1.82. The number of pyridine rings is 1. The first kappa shape index (κ1) is 13.1. The predicted octanol–water partition coefficient (Wildman–Crippen LogP) is 4.37. The molecule has 0 saturated carbocycles. The minimum absolute atomic E-state index is 0.678. The third-order valence-electron chi connectivity index (χ3n) is 3.24. The fourth-order valence-corrected chi connectivity index (χ4v) is 2.29. The van der Waals surface area contributed by atoms with Gasteiger partial charge in [-0.25, -0.2) is 9.97 Å². The van der Waals surface area contributed by atoms with Crippen molar-refractivity contribution in [3.8, 4) is 0 Å². The van der Waals surface area contributed by atoms with Crippen LogP contribution in [0.1, 0.15) is 11.5 Å². The molecular weight excluding hydrogens is 318 g/mol. The normalized spacial score (nSPS) is 11.0. The first-order chi connectivity index (χ1) is 9.54. The smallest absolute Gasteiger partial charge is 0.192 e. The van der Waals surface area contributed by atoms with Crippen LogP contribution in [-0.2, 0) is 0 Å². The number of aryl methyl sites for hydroxylation is 2. The Morgan fingerprint density at radius 3 is 2.75 bits per heavy atom. The van der Waals surface area contributed by atoms with E-state index in [1.165, 1.54) is 0 Å². The van der Waals surface area contributed by atoms with Crippen LogP contribution in [0, 0.1) is 13.8 Å². The molecule has 0 atom stereocenters. The largest absolute Gasteiger partial charge is 0.441 e. The SMILES string of the molecule is Cc1nc2ccc(N(C)c3cc(C)c(Br)cn3)cc2o1. The zero-order chi connectivity index (χ0) is 14.3. The number of hydrogen-bond donors (Lipinski definition) is 0. The summed E-state index contributed by atoms with van der Waals surface area (Å²) in [5, 5.41) is 0. The lowest BCUT2D eigenvalue weighted by Gasteiger charge is -2.18. The molecule has 0 bridgehead atoms. The molecule has 5 heteroatoms. The second kappa shape index (κ2) is 4.90. The van der Waals surface area contributed by atoms with Crippen LogP contribution >= 0.6 is 15.9 Å². The van der Waals surface area contributed by atoms with Gasteiger partial charge in [0.05, 0.1) is 0 Å². The van der Waals surface area contributed by atoms with Gasteiger partial charge < -0.3 is 9.32 Å². The van der Waals surface area contributed by atoms with Gasteiger partial charge in [0.2, 0.25) is 0 Å². The minimum Gasteiger partial charge on any atom is -0.441 e. The summed E-state index contributed by atoms with van der Waals surface area (Å²) < 4.78 is 6.58. The molecule has 0 spiro atoms. The second-order valence-corrected chi connectivity index (χ2v) is 5.59. The van der Waals surface area contributed by atoms with Gasteiger partial charge in [-0.2, -0.15) is 0 Å². The molecule has 3 rings (SSSR count). The average molecular weight is 332 g/mol. The van der Waals surface area contributed by atoms with Gasteiger partial charge in [-0.05, 0) is 46.6 Å². The molecule has 0 saturated heterocycles. The van der Waals surface area contributed by atoms with E-state index in [1.54, 1.807) is 0 Å². The van der Waals surface area contributed by atoms with Crippen LogP contribution in [0.15, 0.2) is 39.4 Å². The fourth-order valence-electron chi connectivity index (χ4n) is 2.08. The van der Waals surface area contributed by atoms with Gasteiger partial charge in [-0.1, -0.05) is 0 Å². The summed E-state index contributed by atoms with van der Waals surface area (Å²) in [6.45, 7) is 3.90. The van der Waals surface area contributed by atoms with Crippen molar-refractivity contribution in [1.82, 2.24) is 9.97 Å². The summed E-state index contributed by atoms with van der Waals surface area (Å²) in [6, 6.07) is 8.00. The van der Waals surface area contributed by atoms with Gasteiger partial charge in [-0.15, -0.1) is 0 Å². The molecule has 20 heavy (non-hydrogen) atoms. The van der Waals surface area contributed by atoms with E-state index in [0.717, 1.165) is 32.6 Å². The highest BCUT2D eigenvalue weighted by Gasteiger charge is 2.10. The Morgan fingerprint density at radius 1 is 1.20 bits per heavy atom. The van der Waals surface area contributed by atoms with E-state index in [0.29, 0.717) is 5.89 Å². The predicted molar refractivity (Wildman–Crippen MR) is 83.5 cm³/mol. The number of aromatic nitrogens is 2. The summed E-state index contributed by atoms with van der Waals surface area (Å²) in [7, 11) is 1.99. The Bertz CT molecular complexity index is 782. The number of nitrogens with zero attached hydrogens (tertiary/aromatic N) is 3. The minimum atomic E-state index is 0.678. The van der Waals surface area contributed by atoms with E-state index < -0.39 is 0 Å². The average Bonchev–Trinajstić information content (AvgIpc) is 2.80. The van der Waals surface area contributed by atoms with Gasteiger partial charge in [0.25, 0.3) is 0 Å². The van der Waals surface area contributed by atoms with E-state index in [2.05, 4.69) is 25.9 Å². The van der Waals surface area contributed by atoms with Crippen LogP contribution in [0.3, 0.4) is 0 Å². The van der Waals surface area contributed by atoms with E-state index in [4.69, 9.17) is 4.42 Å². The molecule has 0 unspecified atom stereocenters. The molecule has 3 aromatic rings. The Hall–Kier alpha value is -1.88. The summed E-state index contributed by atoms with van der Waals surface area (Å²) in [4.78, 5) is 10.8. The number of hydrogen-bond acceptors (Lipinski definition) is 4. The van der Waals surface area contributed by atoms with Crippen LogP contribution in [0.5, 0.6) is 0 Å². The quantitative estimate of drug-likeness (QED) is 0.699. The second-order valence-electron chi connectivity index (χ2n) is 4.74. The van der Waals surface area contributed by atoms with Crippen molar-refractivity contribution in [1.29, 1.82) is 0 Å². The Balaban J connectivity index is 2.02. The topological polar surface area (TPSA) is 42.2 Å². The van der Waals surface area contributed by atoms with Crippen molar-refractivity contribution < 1.29 is 4.42 Å². The molecule has 4 nitrogen and oxygen atoms in total. The maximum absolute atomic E-state index is 5.57. The number of benzene rings is 1. The molecular formula is C15H14BrN3O. The first-order valence-corrected chi connectivity index (χ1v) is 7.07. The van der Waals surface area contributed by atoms with Gasteiger partial charge in [0, 0.05) is 36.4 Å². The Kier molecular flexibility index (Phi) is 3.22. The highest BCUT2D eigenvalue weighted by Crippen LogP contribution is 2.28. The van der Waals surface area contributed by atoms with Crippen molar-refractivity contribution in [2.45, 2.75) is 13.8 Å². The number of anilines is 2. The van der Waals surface area contributed by atoms with E-state index >= 15 is 0 Å². The third kappa shape index (κ3) is 2.29. The standard InChI is InChI=1S/C15H14BrN3O/c1-9-6-15(17-8-12(9)16)19(3)11-4-5-13-14(7-11)20-10(2)18-13/h4-8H,1-3H3. The van der Waals surface area contributed by atoms with Crippen LogP contribution in [0.25, 0.3) is 11.1 Å². The number of fused-ring (bicyclic) bond motifs is 1.